The molecule has 0 radical (unpaired) electrons. The summed E-state index contributed by atoms with van der Waals surface area (Å²) in [5, 5.41) is 3.09. The number of nitrogens with zero attached hydrogens (tertiary/aromatic N) is 1. The fourth-order valence-corrected chi connectivity index (χ4v) is 3.43. The van der Waals surface area contributed by atoms with Crippen LogP contribution >= 0.6 is 24.8 Å². The number of nitrogens with one attached hydrogen (secondary N) is 1. The molecule has 0 spiro atoms. The minimum absolute atomic E-state index is 0. The molecular formula is C15H31Cl2N3O2. The lowest BCUT2D eigenvalue weighted by molar-refractivity contribution is -0.127. The number of methoxy groups -OCH3 is 1. The summed E-state index contributed by atoms with van der Waals surface area (Å²) in [7, 11) is 1.73. The van der Waals surface area contributed by atoms with Crippen LogP contribution in [0, 0.1) is 0 Å². The average Bonchev–Trinajstić information content (AvgIpc) is 2.90. The maximum Gasteiger partial charge on any atom is 0.240 e. The van der Waals surface area contributed by atoms with Gasteiger partial charge in [-0.2, -0.15) is 0 Å². The Morgan fingerprint density at radius 1 is 1.27 bits per heavy atom. The Labute approximate surface area is 146 Å². The molecule has 2 rings (SSSR count). The molecule has 1 amide bonds. The Hall–Kier alpha value is -0.0700. The van der Waals surface area contributed by atoms with E-state index in [1.807, 2.05) is 0 Å². The molecule has 2 aliphatic rings. The highest BCUT2D eigenvalue weighted by Gasteiger charge is 2.35. The quantitative estimate of drug-likeness (QED) is 0.761. The van der Waals surface area contributed by atoms with Crippen molar-refractivity contribution in [3.8, 4) is 0 Å². The fourth-order valence-electron chi connectivity index (χ4n) is 3.43. The summed E-state index contributed by atoms with van der Waals surface area (Å²) in [6.45, 7) is 3.54. The Bertz CT molecular complexity index is 326. The average molecular weight is 356 g/mol. The van der Waals surface area contributed by atoms with Gasteiger partial charge in [-0.15, -0.1) is 24.8 Å². The van der Waals surface area contributed by atoms with E-state index in [4.69, 9.17) is 10.5 Å². The van der Waals surface area contributed by atoms with Crippen molar-refractivity contribution in [1.82, 2.24) is 10.2 Å². The lowest BCUT2D eigenvalue weighted by Gasteiger charge is -2.33. The minimum atomic E-state index is -0.617. The maximum atomic E-state index is 12.3. The van der Waals surface area contributed by atoms with Crippen LogP contribution in [0.4, 0.5) is 0 Å². The van der Waals surface area contributed by atoms with E-state index in [0.717, 1.165) is 58.3 Å². The predicted octanol–water partition coefficient (Wildman–Crippen LogP) is 1.72. The molecule has 1 aliphatic heterocycles. The molecule has 2 fully saturated rings. The smallest absolute Gasteiger partial charge is 0.240 e. The highest BCUT2D eigenvalue weighted by Crippen LogP contribution is 2.26. The molecule has 0 aromatic heterocycles. The van der Waals surface area contributed by atoms with Crippen LogP contribution in [0.15, 0.2) is 0 Å². The molecule has 0 aromatic carbocycles. The van der Waals surface area contributed by atoms with E-state index in [1.165, 1.54) is 12.8 Å². The SMILES string of the molecule is COCCN1CCCC1CNC(=O)C1(N)CCCCC1.Cl.Cl. The molecule has 1 unspecified atom stereocenters. The minimum Gasteiger partial charge on any atom is -0.383 e. The number of hydrogen-bond donors (Lipinski definition) is 2. The second-order valence-corrected chi connectivity index (χ2v) is 6.25. The van der Waals surface area contributed by atoms with Crippen LogP contribution in [0.2, 0.25) is 0 Å². The van der Waals surface area contributed by atoms with Gasteiger partial charge in [0.2, 0.25) is 5.91 Å². The third-order valence-electron chi connectivity index (χ3n) is 4.78. The summed E-state index contributed by atoms with van der Waals surface area (Å²) in [6.07, 6.45) is 7.38. The summed E-state index contributed by atoms with van der Waals surface area (Å²) in [4.78, 5) is 14.7. The van der Waals surface area contributed by atoms with Gasteiger partial charge >= 0.3 is 0 Å². The van der Waals surface area contributed by atoms with Crippen LogP contribution in [0.3, 0.4) is 0 Å². The molecule has 1 saturated heterocycles. The van der Waals surface area contributed by atoms with Gasteiger partial charge in [0.15, 0.2) is 0 Å². The second kappa shape index (κ2) is 10.7. The number of rotatable bonds is 6. The molecule has 1 heterocycles. The summed E-state index contributed by atoms with van der Waals surface area (Å²) in [5.74, 6) is 0.0517. The van der Waals surface area contributed by atoms with Crippen molar-refractivity contribution in [3.63, 3.8) is 0 Å². The third kappa shape index (κ3) is 5.85. The summed E-state index contributed by atoms with van der Waals surface area (Å²) >= 11 is 0. The van der Waals surface area contributed by atoms with E-state index in [-0.39, 0.29) is 30.7 Å². The molecule has 0 aromatic rings. The molecule has 1 atom stereocenters. The molecule has 5 nitrogen and oxygen atoms in total. The first-order chi connectivity index (χ1) is 9.65. The summed E-state index contributed by atoms with van der Waals surface area (Å²) in [5.41, 5.74) is 5.64. The van der Waals surface area contributed by atoms with Crippen LogP contribution in [0.5, 0.6) is 0 Å². The van der Waals surface area contributed by atoms with Crippen LogP contribution < -0.4 is 11.1 Å². The van der Waals surface area contributed by atoms with Crippen molar-refractivity contribution in [2.24, 2.45) is 5.73 Å². The Kier molecular flexibility index (Phi) is 10.6. The van der Waals surface area contributed by atoms with Crippen molar-refractivity contribution in [1.29, 1.82) is 0 Å². The van der Waals surface area contributed by atoms with Gasteiger partial charge in [0, 0.05) is 26.2 Å². The first kappa shape index (κ1) is 21.9. The van der Waals surface area contributed by atoms with Gasteiger partial charge in [0.05, 0.1) is 12.1 Å². The molecule has 1 aliphatic carbocycles. The van der Waals surface area contributed by atoms with Crippen molar-refractivity contribution in [2.75, 3.05) is 33.4 Å². The number of carbonyl (C=O) groups excluding carboxylic acids is 1. The van der Waals surface area contributed by atoms with Crippen molar-refractivity contribution in [3.05, 3.63) is 0 Å². The van der Waals surface area contributed by atoms with Crippen molar-refractivity contribution < 1.29 is 9.53 Å². The third-order valence-corrected chi connectivity index (χ3v) is 4.78. The first-order valence-corrected chi connectivity index (χ1v) is 7.96. The van der Waals surface area contributed by atoms with Crippen LogP contribution in [0.25, 0.3) is 0 Å². The van der Waals surface area contributed by atoms with E-state index in [2.05, 4.69) is 10.2 Å². The predicted molar refractivity (Wildman–Crippen MR) is 94.0 cm³/mol. The fraction of sp³-hybridized carbons (Fsp3) is 0.933. The lowest BCUT2D eigenvalue weighted by atomic mass is 9.82. The molecule has 132 valence electrons. The zero-order chi connectivity index (χ0) is 14.4. The van der Waals surface area contributed by atoms with Gasteiger partial charge in [0.25, 0.3) is 0 Å². The van der Waals surface area contributed by atoms with Gasteiger partial charge in [-0.3, -0.25) is 9.69 Å². The van der Waals surface area contributed by atoms with E-state index in [9.17, 15) is 4.79 Å². The van der Waals surface area contributed by atoms with Crippen molar-refractivity contribution in [2.45, 2.75) is 56.5 Å². The van der Waals surface area contributed by atoms with Crippen LogP contribution in [-0.4, -0.2) is 55.7 Å². The number of hydrogen-bond acceptors (Lipinski definition) is 4. The Morgan fingerprint density at radius 2 is 1.95 bits per heavy atom. The van der Waals surface area contributed by atoms with Crippen molar-refractivity contribution >= 4 is 30.7 Å². The highest BCUT2D eigenvalue weighted by molar-refractivity contribution is 5.86. The number of nitrogens with two attached hydrogens (primary N) is 1. The van der Waals surface area contributed by atoms with Gasteiger partial charge in [-0.1, -0.05) is 19.3 Å². The highest BCUT2D eigenvalue weighted by atomic mass is 35.5. The van der Waals surface area contributed by atoms with E-state index < -0.39 is 5.54 Å². The van der Waals surface area contributed by atoms with E-state index in [1.54, 1.807) is 7.11 Å². The molecule has 3 N–H and O–H groups in total. The monoisotopic (exact) mass is 355 g/mol. The molecule has 7 heteroatoms. The second-order valence-electron chi connectivity index (χ2n) is 6.25. The van der Waals surface area contributed by atoms with Crippen LogP contribution in [0.1, 0.15) is 44.9 Å². The molecule has 1 saturated carbocycles. The van der Waals surface area contributed by atoms with Gasteiger partial charge in [-0.05, 0) is 32.2 Å². The van der Waals surface area contributed by atoms with Gasteiger partial charge < -0.3 is 15.8 Å². The molecule has 22 heavy (non-hydrogen) atoms. The first-order valence-electron chi connectivity index (χ1n) is 7.96. The van der Waals surface area contributed by atoms with Gasteiger partial charge in [0.1, 0.15) is 0 Å². The van der Waals surface area contributed by atoms with Crippen LogP contribution in [-0.2, 0) is 9.53 Å². The number of halogens is 2. The summed E-state index contributed by atoms with van der Waals surface area (Å²) < 4.78 is 5.14. The standard InChI is InChI=1S/C15H29N3O2.2ClH/c1-20-11-10-18-9-5-6-13(18)12-17-14(19)15(16)7-3-2-4-8-15;;/h13H,2-12,16H2,1H3,(H,17,19);2*1H. The Balaban J connectivity index is 0.00000220. The zero-order valence-electron chi connectivity index (χ0n) is 13.5. The van der Waals surface area contributed by atoms with E-state index in [0.29, 0.717) is 6.04 Å². The largest absolute Gasteiger partial charge is 0.383 e. The normalized spacial score (nSPS) is 24.2. The molecular weight excluding hydrogens is 325 g/mol. The number of carbonyl (C=O) groups is 1. The summed E-state index contributed by atoms with van der Waals surface area (Å²) in [6, 6.07) is 0.446. The number of amides is 1. The molecule has 0 bridgehead atoms. The van der Waals surface area contributed by atoms with E-state index >= 15 is 0 Å². The number of likely N-dealkylation sites (tertiary alicyclic amines) is 1. The topological polar surface area (TPSA) is 67.6 Å². The maximum absolute atomic E-state index is 12.3. The zero-order valence-corrected chi connectivity index (χ0v) is 15.1. The number of ether oxygens (including phenoxy) is 1. The lowest BCUT2D eigenvalue weighted by Crippen LogP contribution is -2.56. The Morgan fingerprint density at radius 3 is 2.59 bits per heavy atom. The van der Waals surface area contributed by atoms with Gasteiger partial charge in [-0.25, -0.2) is 0 Å².